The molecule has 0 amide bonds. The summed E-state index contributed by atoms with van der Waals surface area (Å²) in [6, 6.07) is 5.27. The van der Waals surface area contributed by atoms with Crippen molar-refractivity contribution in [2.24, 2.45) is 11.8 Å². The second-order valence-corrected chi connectivity index (χ2v) is 8.62. The number of piperidine rings is 1. The van der Waals surface area contributed by atoms with E-state index in [-0.39, 0.29) is 0 Å². The molecule has 1 N–H and O–H groups in total. The van der Waals surface area contributed by atoms with Gasteiger partial charge in [0.05, 0.1) is 4.90 Å². The lowest BCUT2D eigenvalue weighted by atomic mass is 9.92. The summed E-state index contributed by atoms with van der Waals surface area (Å²) in [4.78, 5) is 2.72. The van der Waals surface area contributed by atoms with Crippen molar-refractivity contribution in [3.63, 3.8) is 0 Å². The van der Waals surface area contributed by atoms with Crippen molar-refractivity contribution < 1.29 is 8.42 Å². The number of benzene rings is 1. The molecule has 1 aromatic carbocycles. The summed E-state index contributed by atoms with van der Waals surface area (Å²) in [5.74, 6) is 1.39. The zero-order chi connectivity index (χ0) is 16.3. The average molecular weight is 324 g/mol. The molecule has 0 radical (unpaired) electrons. The third-order valence-electron chi connectivity index (χ3n) is 4.45. The van der Waals surface area contributed by atoms with Crippen LogP contribution in [0.4, 0.5) is 0 Å². The molecular weight excluding hydrogens is 296 g/mol. The van der Waals surface area contributed by atoms with Crippen LogP contribution in [-0.4, -0.2) is 39.5 Å². The molecule has 1 fully saturated rings. The zero-order valence-electron chi connectivity index (χ0n) is 14.1. The highest BCUT2D eigenvalue weighted by molar-refractivity contribution is 7.89. The topological polar surface area (TPSA) is 49.4 Å². The van der Waals surface area contributed by atoms with Crippen molar-refractivity contribution in [1.82, 2.24) is 9.62 Å². The highest BCUT2D eigenvalue weighted by Gasteiger charge is 2.22. The maximum absolute atomic E-state index is 12.3. The van der Waals surface area contributed by atoms with Crippen LogP contribution in [0, 0.1) is 25.7 Å². The Kier molecular flexibility index (Phi) is 5.64. The first-order valence-electron chi connectivity index (χ1n) is 8.07. The molecule has 1 saturated heterocycles. The summed E-state index contributed by atoms with van der Waals surface area (Å²) in [7, 11) is -3.40. The predicted octanol–water partition coefficient (Wildman–Crippen LogP) is 2.56. The third kappa shape index (κ3) is 4.54. The zero-order valence-corrected chi connectivity index (χ0v) is 14.9. The molecule has 0 aliphatic carbocycles. The second-order valence-electron chi connectivity index (χ2n) is 6.85. The fraction of sp³-hybridized carbons (Fsp3) is 0.647. The summed E-state index contributed by atoms with van der Waals surface area (Å²) in [6.45, 7) is 11.8. The van der Waals surface area contributed by atoms with Crippen LogP contribution in [0.1, 0.15) is 31.4 Å². The molecular formula is C17H28N2O2S. The SMILES string of the molecule is Cc1ccc(S(=O)(=O)NCCN2CC(C)CC(C)C2)cc1C. The number of sulfonamides is 1. The number of hydrogen-bond acceptors (Lipinski definition) is 3. The molecule has 2 unspecified atom stereocenters. The predicted molar refractivity (Wildman–Crippen MR) is 90.5 cm³/mol. The van der Waals surface area contributed by atoms with Gasteiger partial charge in [0, 0.05) is 26.2 Å². The van der Waals surface area contributed by atoms with E-state index in [2.05, 4.69) is 23.5 Å². The molecule has 1 heterocycles. The molecule has 0 saturated carbocycles. The highest BCUT2D eigenvalue weighted by Crippen LogP contribution is 2.20. The Bertz CT molecular complexity index is 603. The van der Waals surface area contributed by atoms with Crippen LogP contribution < -0.4 is 4.72 Å². The van der Waals surface area contributed by atoms with Crippen LogP contribution in [0.15, 0.2) is 23.1 Å². The Hall–Kier alpha value is -0.910. The van der Waals surface area contributed by atoms with E-state index in [1.807, 2.05) is 19.9 Å². The monoisotopic (exact) mass is 324 g/mol. The van der Waals surface area contributed by atoms with Crippen LogP contribution in [0.3, 0.4) is 0 Å². The van der Waals surface area contributed by atoms with Crippen LogP contribution in [0.2, 0.25) is 0 Å². The Labute approximate surface area is 135 Å². The highest BCUT2D eigenvalue weighted by atomic mass is 32.2. The molecule has 2 rings (SSSR count). The van der Waals surface area contributed by atoms with E-state index >= 15 is 0 Å². The van der Waals surface area contributed by atoms with Gasteiger partial charge in [-0.2, -0.15) is 0 Å². The maximum atomic E-state index is 12.3. The second kappa shape index (κ2) is 7.11. The lowest BCUT2D eigenvalue weighted by Crippen LogP contribution is -2.42. The van der Waals surface area contributed by atoms with Crippen molar-refractivity contribution in [2.45, 2.75) is 39.0 Å². The van der Waals surface area contributed by atoms with Gasteiger partial charge in [-0.3, -0.25) is 0 Å². The van der Waals surface area contributed by atoms with Crippen molar-refractivity contribution in [3.05, 3.63) is 29.3 Å². The molecule has 1 aliphatic rings. The first-order chi connectivity index (χ1) is 10.3. The standard InChI is InChI=1S/C17H28N2O2S/c1-13-9-14(2)12-19(11-13)8-7-18-22(20,21)17-6-5-15(3)16(4)10-17/h5-6,10,13-14,18H,7-9,11-12H2,1-4H3. The van der Waals surface area contributed by atoms with Gasteiger partial charge in [-0.25, -0.2) is 13.1 Å². The fourth-order valence-electron chi connectivity index (χ4n) is 3.28. The summed E-state index contributed by atoms with van der Waals surface area (Å²) < 4.78 is 27.4. The van der Waals surface area contributed by atoms with Crippen LogP contribution in [-0.2, 0) is 10.0 Å². The van der Waals surface area contributed by atoms with E-state index in [9.17, 15) is 8.42 Å². The molecule has 22 heavy (non-hydrogen) atoms. The largest absolute Gasteiger partial charge is 0.302 e. The van der Waals surface area contributed by atoms with E-state index in [0.29, 0.717) is 23.3 Å². The minimum Gasteiger partial charge on any atom is -0.302 e. The van der Waals surface area contributed by atoms with E-state index in [1.54, 1.807) is 12.1 Å². The van der Waals surface area contributed by atoms with Crippen LogP contribution in [0.5, 0.6) is 0 Å². The maximum Gasteiger partial charge on any atom is 0.240 e. The molecule has 124 valence electrons. The molecule has 4 nitrogen and oxygen atoms in total. The van der Waals surface area contributed by atoms with Gasteiger partial charge in [-0.05, 0) is 55.4 Å². The first kappa shape index (κ1) is 17.4. The Balaban J connectivity index is 1.91. The lowest BCUT2D eigenvalue weighted by molar-refractivity contribution is 0.143. The van der Waals surface area contributed by atoms with Crippen LogP contribution in [0.25, 0.3) is 0 Å². The van der Waals surface area contributed by atoms with E-state index < -0.39 is 10.0 Å². The van der Waals surface area contributed by atoms with Gasteiger partial charge in [-0.15, -0.1) is 0 Å². The third-order valence-corrected chi connectivity index (χ3v) is 5.91. The van der Waals surface area contributed by atoms with Gasteiger partial charge in [0.15, 0.2) is 0 Å². The van der Waals surface area contributed by atoms with Gasteiger partial charge in [0.2, 0.25) is 10.0 Å². The normalized spacial score (nSPS) is 23.6. The number of nitrogens with one attached hydrogen (secondary N) is 1. The van der Waals surface area contributed by atoms with Crippen molar-refractivity contribution in [2.75, 3.05) is 26.2 Å². The molecule has 0 aromatic heterocycles. The quantitative estimate of drug-likeness (QED) is 0.905. The summed E-state index contributed by atoms with van der Waals surface area (Å²) in [6.07, 6.45) is 1.27. The molecule has 5 heteroatoms. The molecule has 1 aliphatic heterocycles. The van der Waals surface area contributed by atoms with Gasteiger partial charge >= 0.3 is 0 Å². The van der Waals surface area contributed by atoms with E-state index in [1.165, 1.54) is 6.42 Å². The number of nitrogens with zero attached hydrogens (tertiary/aromatic N) is 1. The number of rotatable bonds is 5. The van der Waals surface area contributed by atoms with Gasteiger partial charge < -0.3 is 4.90 Å². The number of likely N-dealkylation sites (tertiary alicyclic amines) is 1. The molecule has 2 atom stereocenters. The number of hydrogen-bond donors (Lipinski definition) is 1. The Morgan fingerprint density at radius 2 is 1.77 bits per heavy atom. The smallest absolute Gasteiger partial charge is 0.240 e. The van der Waals surface area contributed by atoms with Gasteiger partial charge in [-0.1, -0.05) is 19.9 Å². The minimum atomic E-state index is -3.40. The molecule has 0 bridgehead atoms. The van der Waals surface area contributed by atoms with E-state index in [0.717, 1.165) is 30.8 Å². The minimum absolute atomic E-state index is 0.357. The van der Waals surface area contributed by atoms with E-state index in [4.69, 9.17) is 0 Å². The Morgan fingerprint density at radius 3 is 2.36 bits per heavy atom. The average Bonchev–Trinajstić information content (AvgIpc) is 2.40. The van der Waals surface area contributed by atoms with Gasteiger partial charge in [0.1, 0.15) is 0 Å². The Morgan fingerprint density at radius 1 is 1.14 bits per heavy atom. The van der Waals surface area contributed by atoms with Crippen LogP contribution >= 0.6 is 0 Å². The molecule has 0 spiro atoms. The van der Waals surface area contributed by atoms with Gasteiger partial charge in [0.25, 0.3) is 0 Å². The summed E-state index contributed by atoms with van der Waals surface area (Å²) >= 11 is 0. The molecule has 1 aromatic rings. The summed E-state index contributed by atoms with van der Waals surface area (Å²) in [5, 5.41) is 0. The lowest BCUT2D eigenvalue weighted by Gasteiger charge is -2.34. The number of aryl methyl sites for hydroxylation is 2. The first-order valence-corrected chi connectivity index (χ1v) is 9.55. The van der Waals surface area contributed by atoms with Crippen molar-refractivity contribution >= 4 is 10.0 Å². The van der Waals surface area contributed by atoms with Crippen molar-refractivity contribution in [3.8, 4) is 0 Å². The fourth-order valence-corrected chi connectivity index (χ4v) is 4.38. The van der Waals surface area contributed by atoms with Crippen molar-refractivity contribution in [1.29, 1.82) is 0 Å². The summed E-state index contributed by atoms with van der Waals surface area (Å²) in [5.41, 5.74) is 2.11.